The molecule has 20 heavy (non-hydrogen) atoms. The molecule has 1 aromatic rings. The maximum absolute atomic E-state index is 11.4. The standard InChI is InChI=1S/C14H20O5S/c1-3-5-12-13(19-8-4-9-20(17)18)7-6-11(10(2)15)14(12)16/h6-7,16H,3-5,8-9H2,1-2H3,(H,17,18)/p-1. The SMILES string of the molecule is CCCc1c(OCCCS(=O)[O-])ccc(C(C)=O)c1O. The van der Waals surface area contributed by atoms with E-state index >= 15 is 0 Å². The molecule has 0 radical (unpaired) electrons. The maximum Gasteiger partial charge on any atom is 0.163 e. The van der Waals surface area contributed by atoms with Gasteiger partial charge in [0.15, 0.2) is 5.78 Å². The van der Waals surface area contributed by atoms with E-state index in [2.05, 4.69) is 0 Å². The van der Waals surface area contributed by atoms with Gasteiger partial charge in [-0.1, -0.05) is 24.4 Å². The highest BCUT2D eigenvalue weighted by molar-refractivity contribution is 7.79. The van der Waals surface area contributed by atoms with E-state index in [4.69, 9.17) is 4.74 Å². The van der Waals surface area contributed by atoms with Crippen molar-refractivity contribution in [3.63, 3.8) is 0 Å². The number of Topliss-reactive ketones (excluding diaryl/α,β-unsaturated/α-hetero) is 1. The minimum absolute atomic E-state index is 0.0377. The average Bonchev–Trinajstić information content (AvgIpc) is 2.37. The summed E-state index contributed by atoms with van der Waals surface area (Å²) in [7, 11) is 0. The Balaban J connectivity index is 2.87. The smallest absolute Gasteiger partial charge is 0.163 e. The molecule has 0 bridgehead atoms. The first-order chi connectivity index (χ1) is 9.47. The van der Waals surface area contributed by atoms with Crippen molar-refractivity contribution in [3.05, 3.63) is 23.3 Å². The fraction of sp³-hybridized carbons (Fsp3) is 0.500. The molecule has 5 nitrogen and oxygen atoms in total. The van der Waals surface area contributed by atoms with Crippen LogP contribution in [0.3, 0.4) is 0 Å². The van der Waals surface area contributed by atoms with Gasteiger partial charge < -0.3 is 14.4 Å². The van der Waals surface area contributed by atoms with Gasteiger partial charge in [0.2, 0.25) is 0 Å². The van der Waals surface area contributed by atoms with Gasteiger partial charge in [-0.15, -0.1) is 0 Å². The van der Waals surface area contributed by atoms with E-state index in [-0.39, 0.29) is 29.5 Å². The van der Waals surface area contributed by atoms with Gasteiger partial charge in [-0.3, -0.25) is 9.00 Å². The number of phenolic OH excluding ortho intramolecular Hbond substituents is 1. The van der Waals surface area contributed by atoms with Gasteiger partial charge in [-0.05, 0) is 31.9 Å². The van der Waals surface area contributed by atoms with E-state index in [1.807, 2.05) is 6.92 Å². The number of carbonyl (C=O) groups excluding carboxylic acids is 1. The lowest BCUT2D eigenvalue weighted by Crippen LogP contribution is -2.06. The highest BCUT2D eigenvalue weighted by atomic mass is 32.2. The lowest BCUT2D eigenvalue weighted by atomic mass is 10.0. The molecule has 0 aromatic heterocycles. The first-order valence-electron chi connectivity index (χ1n) is 6.51. The van der Waals surface area contributed by atoms with Gasteiger partial charge in [0.1, 0.15) is 11.5 Å². The zero-order valence-corrected chi connectivity index (χ0v) is 12.5. The summed E-state index contributed by atoms with van der Waals surface area (Å²) < 4.78 is 26.4. The minimum atomic E-state index is -2.07. The summed E-state index contributed by atoms with van der Waals surface area (Å²) in [4.78, 5) is 11.4. The molecular weight excluding hydrogens is 280 g/mol. The molecule has 1 unspecified atom stereocenters. The van der Waals surface area contributed by atoms with Crippen molar-refractivity contribution in [2.45, 2.75) is 33.1 Å². The summed E-state index contributed by atoms with van der Waals surface area (Å²) in [6.07, 6.45) is 1.78. The Bertz CT molecular complexity index is 499. The van der Waals surface area contributed by atoms with Crippen LogP contribution < -0.4 is 4.74 Å². The second-order valence-corrected chi connectivity index (χ2v) is 5.47. The number of aromatic hydroxyl groups is 1. The molecule has 0 saturated heterocycles. The molecule has 1 rings (SSSR count). The molecule has 0 saturated carbocycles. The number of hydrogen-bond donors (Lipinski definition) is 1. The molecule has 1 atom stereocenters. The molecule has 0 aliphatic carbocycles. The highest BCUT2D eigenvalue weighted by Crippen LogP contribution is 2.33. The van der Waals surface area contributed by atoms with Gasteiger partial charge in [-0.2, -0.15) is 0 Å². The fourth-order valence-electron chi connectivity index (χ4n) is 1.89. The number of ketones is 1. The Morgan fingerprint density at radius 1 is 1.45 bits per heavy atom. The topological polar surface area (TPSA) is 86.7 Å². The summed E-state index contributed by atoms with van der Waals surface area (Å²) in [6.45, 7) is 3.61. The number of ether oxygens (including phenoxy) is 1. The van der Waals surface area contributed by atoms with E-state index in [9.17, 15) is 18.7 Å². The van der Waals surface area contributed by atoms with Crippen molar-refractivity contribution in [1.29, 1.82) is 0 Å². The van der Waals surface area contributed by atoms with Crippen molar-refractivity contribution in [2.24, 2.45) is 0 Å². The first-order valence-corrected chi connectivity index (χ1v) is 7.76. The summed E-state index contributed by atoms with van der Waals surface area (Å²) in [5.74, 6) is 0.309. The Morgan fingerprint density at radius 3 is 2.70 bits per heavy atom. The quantitative estimate of drug-likeness (QED) is 0.452. The molecule has 0 heterocycles. The average molecular weight is 299 g/mol. The fourth-order valence-corrected chi connectivity index (χ4v) is 2.24. The monoisotopic (exact) mass is 299 g/mol. The first kappa shape index (κ1) is 16.7. The van der Waals surface area contributed by atoms with E-state index in [1.165, 1.54) is 13.0 Å². The van der Waals surface area contributed by atoms with Crippen LogP contribution in [0.1, 0.15) is 42.6 Å². The van der Waals surface area contributed by atoms with Gasteiger partial charge in [0.25, 0.3) is 0 Å². The van der Waals surface area contributed by atoms with E-state index < -0.39 is 11.1 Å². The molecule has 1 aromatic carbocycles. The van der Waals surface area contributed by atoms with Crippen LogP contribution >= 0.6 is 0 Å². The number of rotatable bonds is 8. The zero-order chi connectivity index (χ0) is 15.1. The van der Waals surface area contributed by atoms with Gasteiger partial charge in [-0.25, -0.2) is 0 Å². The van der Waals surface area contributed by atoms with Crippen LogP contribution in [-0.2, 0) is 17.5 Å². The van der Waals surface area contributed by atoms with Crippen LogP contribution in [0.5, 0.6) is 11.5 Å². The minimum Gasteiger partial charge on any atom is -0.772 e. The third kappa shape index (κ3) is 4.61. The Kier molecular flexibility index (Phi) is 6.67. The predicted molar refractivity (Wildman–Crippen MR) is 76.0 cm³/mol. The molecule has 112 valence electrons. The second-order valence-electron chi connectivity index (χ2n) is 4.45. The predicted octanol–water partition coefficient (Wildman–Crippen LogP) is 2.20. The summed E-state index contributed by atoms with van der Waals surface area (Å²) >= 11 is -2.07. The lowest BCUT2D eigenvalue weighted by molar-refractivity contribution is 0.101. The largest absolute Gasteiger partial charge is 0.772 e. The number of phenols is 1. The molecule has 6 heteroatoms. The summed E-state index contributed by atoms with van der Waals surface area (Å²) in [5.41, 5.74) is 0.880. The van der Waals surface area contributed by atoms with Crippen LogP contribution in [-0.4, -0.2) is 32.0 Å². The maximum atomic E-state index is 11.4. The van der Waals surface area contributed by atoms with Crippen molar-refractivity contribution in [1.82, 2.24) is 0 Å². The highest BCUT2D eigenvalue weighted by Gasteiger charge is 2.15. The van der Waals surface area contributed by atoms with Gasteiger partial charge >= 0.3 is 0 Å². The molecule has 1 N–H and O–H groups in total. The van der Waals surface area contributed by atoms with Crippen molar-refractivity contribution in [3.8, 4) is 11.5 Å². The van der Waals surface area contributed by atoms with Crippen LogP contribution in [0.4, 0.5) is 0 Å². The Morgan fingerprint density at radius 2 is 2.15 bits per heavy atom. The van der Waals surface area contributed by atoms with Crippen molar-refractivity contribution in [2.75, 3.05) is 12.4 Å². The molecule has 0 spiro atoms. The van der Waals surface area contributed by atoms with Crippen molar-refractivity contribution < 1.29 is 23.4 Å². The number of carbonyl (C=O) groups is 1. The van der Waals surface area contributed by atoms with Gasteiger partial charge in [0.05, 0.1) is 12.2 Å². The Hall–Kier alpha value is -1.40. The third-order valence-corrected chi connectivity index (χ3v) is 3.45. The van der Waals surface area contributed by atoms with Gasteiger partial charge in [0, 0.05) is 11.3 Å². The van der Waals surface area contributed by atoms with E-state index in [0.29, 0.717) is 24.2 Å². The summed E-state index contributed by atoms with van der Waals surface area (Å²) in [5, 5.41) is 10.1. The van der Waals surface area contributed by atoms with Crippen LogP contribution in [0.25, 0.3) is 0 Å². The third-order valence-electron chi connectivity index (χ3n) is 2.83. The number of hydrogen-bond acceptors (Lipinski definition) is 5. The second kappa shape index (κ2) is 8.01. The molecular formula is C14H19O5S-. The molecule has 0 aliphatic heterocycles. The Labute approximate surface area is 121 Å². The van der Waals surface area contributed by atoms with Crippen LogP contribution in [0.15, 0.2) is 12.1 Å². The summed E-state index contributed by atoms with van der Waals surface area (Å²) in [6, 6.07) is 3.17. The van der Waals surface area contributed by atoms with E-state index in [1.54, 1.807) is 6.07 Å². The van der Waals surface area contributed by atoms with E-state index in [0.717, 1.165) is 6.42 Å². The molecule has 0 fully saturated rings. The molecule has 0 aliphatic rings. The zero-order valence-electron chi connectivity index (χ0n) is 11.7. The normalized spacial score (nSPS) is 12.2. The van der Waals surface area contributed by atoms with Crippen LogP contribution in [0, 0.1) is 0 Å². The lowest BCUT2D eigenvalue weighted by Gasteiger charge is -2.14. The molecule has 0 amide bonds. The van der Waals surface area contributed by atoms with Crippen LogP contribution in [0.2, 0.25) is 0 Å². The number of benzene rings is 1. The van der Waals surface area contributed by atoms with Crippen molar-refractivity contribution >= 4 is 16.9 Å².